The van der Waals surface area contributed by atoms with Crippen molar-refractivity contribution in [1.82, 2.24) is 0 Å². The lowest BCUT2D eigenvalue weighted by Crippen LogP contribution is -1.90. The molecule has 0 aliphatic heterocycles. The third-order valence-electron chi connectivity index (χ3n) is 0.681. The van der Waals surface area contributed by atoms with Gasteiger partial charge in [-0.05, 0) is 13.8 Å². The van der Waals surface area contributed by atoms with Crippen LogP contribution in [0.1, 0.15) is 13.8 Å². The molecule has 0 heterocycles. The zero-order valence-corrected chi connectivity index (χ0v) is 4.32. The number of hydrogen-bond acceptors (Lipinski definition) is 2. The molecule has 0 aromatic heterocycles. The minimum Gasteiger partial charge on any atom is -0.294 e. The van der Waals surface area contributed by atoms with Gasteiger partial charge in [-0.2, -0.15) is 0 Å². The summed E-state index contributed by atoms with van der Waals surface area (Å²) in [5.41, 5.74) is 0.153. The van der Waals surface area contributed by atoms with Crippen LogP contribution in [-0.4, -0.2) is 11.7 Å². The Morgan fingerprint density at radius 3 is 1.86 bits per heavy atom. The van der Waals surface area contributed by atoms with Gasteiger partial charge in [0.15, 0.2) is 5.78 Å². The lowest BCUT2D eigenvalue weighted by atomic mass is 10.3. The van der Waals surface area contributed by atoms with E-state index in [2.05, 4.69) is 0 Å². The zero-order chi connectivity index (χ0) is 5.86. The lowest BCUT2D eigenvalue weighted by Gasteiger charge is -1.77. The molecule has 0 saturated heterocycles. The minimum absolute atomic E-state index is 0.153. The number of carbonyl (C=O) groups excluding carboxylic acids is 2. The number of allylic oxidation sites excluding steroid dienone is 1. The van der Waals surface area contributed by atoms with Crippen molar-refractivity contribution in [1.29, 1.82) is 0 Å². The molecule has 7 heavy (non-hydrogen) atoms. The van der Waals surface area contributed by atoms with E-state index in [4.69, 9.17) is 0 Å². The first-order valence-electron chi connectivity index (χ1n) is 1.91. The molecule has 0 radical (unpaired) electrons. The van der Waals surface area contributed by atoms with Crippen LogP contribution >= 0.6 is 0 Å². The monoisotopic (exact) mass is 99.0 g/mol. The van der Waals surface area contributed by atoms with E-state index in [1.807, 2.05) is 0 Å². The Balaban J connectivity index is 4.10. The summed E-state index contributed by atoms with van der Waals surface area (Å²) in [5.74, 6) is 1.27. The third-order valence-corrected chi connectivity index (χ3v) is 0.681. The van der Waals surface area contributed by atoms with Crippen molar-refractivity contribution >= 4 is 11.7 Å². The maximum atomic E-state index is 10.1. The SMILES string of the molecule is CC(=C=O)C([13CH3])=O. The first kappa shape index (κ1) is 6.12. The predicted molar refractivity (Wildman–Crippen MR) is 25.6 cm³/mol. The summed E-state index contributed by atoms with van der Waals surface area (Å²) in [6, 6.07) is 0. The highest BCUT2D eigenvalue weighted by atomic mass is 16.1. The van der Waals surface area contributed by atoms with Gasteiger partial charge in [-0.15, -0.1) is 0 Å². The summed E-state index contributed by atoms with van der Waals surface area (Å²) in [5, 5.41) is 0. The van der Waals surface area contributed by atoms with Crippen molar-refractivity contribution in [2.45, 2.75) is 13.8 Å². The Kier molecular flexibility index (Phi) is 2.03. The Morgan fingerprint density at radius 2 is 1.86 bits per heavy atom. The highest BCUT2D eigenvalue weighted by Gasteiger charge is 1.92. The van der Waals surface area contributed by atoms with Crippen LogP contribution in [0, 0.1) is 0 Å². The Morgan fingerprint density at radius 1 is 1.43 bits per heavy atom. The van der Waals surface area contributed by atoms with E-state index in [1.165, 1.54) is 19.8 Å². The molecule has 0 atom stereocenters. The lowest BCUT2D eigenvalue weighted by molar-refractivity contribution is -0.113. The van der Waals surface area contributed by atoms with E-state index >= 15 is 0 Å². The van der Waals surface area contributed by atoms with E-state index in [0.717, 1.165) is 0 Å². The first-order chi connectivity index (χ1) is 3.18. The molecule has 38 valence electrons. The van der Waals surface area contributed by atoms with Crippen LogP contribution in [0.5, 0.6) is 0 Å². The standard InChI is InChI=1S/C5H6O2/c1-4(3-6)5(2)7/h1-2H3/i2+1. The minimum atomic E-state index is -0.213. The second kappa shape index (κ2) is 2.32. The second-order valence-electron chi connectivity index (χ2n) is 1.28. The molecule has 0 unspecified atom stereocenters. The van der Waals surface area contributed by atoms with Gasteiger partial charge in [0.2, 0.25) is 0 Å². The first-order valence-corrected chi connectivity index (χ1v) is 1.91. The van der Waals surface area contributed by atoms with Crippen molar-refractivity contribution < 1.29 is 9.59 Å². The van der Waals surface area contributed by atoms with Gasteiger partial charge < -0.3 is 0 Å². The maximum absolute atomic E-state index is 10.1. The molecule has 0 fully saturated rings. The van der Waals surface area contributed by atoms with E-state index in [9.17, 15) is 9.59 Å². The fourth-order valence-electron chi connectivity index (χ4n) is 0.0719. The Labute approximate surface area is 41.8 Å². The number of carbonyl (C=O) groups is 1. The molecule has 0 saturated carbocycles. The average Bonchev–Trinajstić information content (AvgIpc) is 1.65. The summed E-state index contributed by atoms with van der Waals surface area (Å²) >= 11 is 0. The summed E-state index contributed by atoms with van der Waals surface area (Å²) < 4.78 is 0. The molecule has 0 aromatic rings. The van der Waals surface area contributed by atoms with Gasteiger partial charge in [-0.3, -0.25) is 4.79 Å². The van der Waals surface area contributed by atoms with Gasteiger partial charge in [0.1, 0.15) is 5.94 Å². The van der Waals surface area contributed by atoms with Crippen molar-refractivity contribution in [3.63, 3.8) is 0 Å². The summed E-state index contributed by atoms with van der Waals surface area (Å²) in [6.07, 6.45) is 0. The normalized spacial score (nSPS) is 7.14. The quantitative estimate of drug-likeness (QED) is 0.270. The molecule has 0 rings (SSSR count). The molecular formula is C5H6O2. The zero-order valence-electron chi connectivity index (χ0n) is 4.32. The summed E-state index contributed by atoms with van der Waals surface area (Å²) in [6.45, 7) is 2.77. The van der Waals surface area contributed by atoms with Gasteiger partial charge in [0, 0.05) is 0 Å². The average molecular weight is 99.1 g/mol. The van der Waals surface area contributed by atoms with Crippen LogP contribution in [0.15, 0.2) is 5.57 Å². The molecule has 0 N–H and O–H groups in total. The van der Waals surface area contributed by atoms with Gasteiger partial charge >= 0.3 is 0 Å². The van der Waals surface area contributed by atoms with E-state index in [1.54, 1.807) is 0 Å². The Bertz CT molecular complexity index is 129. The van der Waals surface area contributed by atoms with Crippen LogP contribution in [-0.2, 0) is 9.59 Å². The third kappa shape index (κ3) is 1.90. The molecule has 2 nitrogen and oxygen atoms in total. The molecule has 0 aromatic carbocycles. The highest BCUT2D eigenvalue weighted by Crippen LogP contribution is 1.82. The van der Waals surface area contributed by atoms with E-state index in [0.29, 0.717) is 0 Å². The fourth-order valence-corrected chi connectivity index (χ4v) is 0.0719. The number of ketones is 1. The summed E-state index contributed by atoms with van der Waals surface area (Å²) in [7, 11) is 0. The van der Waals surface area contributed by atoms with Gasteiger partial charge in [0.25, 0.3) is 0 Å². The fraction of sp³-hybridized carbons (Fsp3) is 0.400. The maximum Gasteiger partial charge on any atom is 0.166 e. The van der Waals surface area contributed by atoms with Crippen molar-refractivity contribution in [2.24, 2.45) is 0 Å². The molecule has 0 aliphatic rings. The van der Waals surface area contributed by atoms with E-state index < -0.39 is 0 Å². The topological polar surface area (TPSA) is 34.1 Å². The van der Waals surface area contributed by atoms with Crippen molar-refractivity contribution in [2.75, 3.05) is 0 Å². The van der Waals surface area contributed by atoms with Crippen LogP contribution in [0.25, 0.3) is 0 Å². The summed E-state index contributed by atoms with van der Waals surface area (Å²) in [4.78, 5) is 19.6. The molecule has 0 bridgehead atoms. The Hall–Kier alpha value is -0.880. The van der Waals surface area contributed by atoms with Crippen molar-refractivity contribution in [3.8, 4) is 0 Å². The van der Waals surface area contributed by atoms with E-state index in [-0.39, 0.29) is 11.4 Å². The number of rotatable bonds is 1. The van der Waals surface area contributed by atoms with Gasteiger partial charge in [0.05, 0.1) is 5.57 Å². The predicted octanol–water partition coefficient (Wildman–Crippen LogP) is 0.353. The number of Topliss-reactive ketones (excluding diaryl/α,β-unsaturated/α-hetero) is 1. The smallest absolute Gasteiger partial charge is 0.166 e. The molecule has 0 spiro atoms. The van der Waals surface area contributed by atoms with Gasteiger partial charge in [-0.25, -0.2) is 4.79 Å². The molecule has 0 amide bonds. The molecule has 2 heteroatoms. The van der Waals surface area contributed by atoms with Crippen LogP contribution in [0.4, 0.5) is 0 Å². The molecule has 0 aliphatic carbocycles. The largest absolute Gasteiger partial charge is 0.294 e. The second-order valence-corrected chi connectivity index (χ2v) is 1.28. The van der Waals surface area contributed by atoms with Crippen LogP contribution < -0.4 is 0 Å². The highest BCUT2D eigenvalue weighted by molar-refractivity contribution is 5.99. The van der Waals surface area contributed by atoms with Crippen LogP contribution in [0.3, 0.4) is 0 Å². The van der Waals surface area contributed by atoms with Gasteiger partial charge in [-0.1, -0.05) is 0 Å². The van der Waals surface area contributed by atoms with Crippen molar-refractivity contribution in [3.05, 3.63) is 5.57 Å². The molecular weight excluding hydrogens is 93.0 g/mol. The van der Waals surface area contributed by atoms with Crippen LogP contribution in [0.2, 0.25) is 0 Å². The number of hydrogen-bond donors (Lipinski definition) is 0.